The molecule has 0 spiro atoms. The highest BCUT2D eigenvalue weighted by molar-refractivity contribution is 5.65. The highest BCUT2D eigenvalue weighted by atomic mass is 15.2. The van der Waals surface area contributed by atoms with Crippen molar-refractivity contribution in [2.45, 2.75) is 25.3 Å². The van der Waals surface area contributed by atoms with E-state index < -0.39 is 0 Å². The van der Waals surface area contributed by atoms with Crippen LogP contribution in [0.2, 0.25) is 0 Å². The van der Waals surface area contributed by atoms with Crippen LogP contribution in [0.5, 0.6) is 0 Å². The standard InChI is InChI=1S/C14H22N6/c1-15-12-10-20-8-6-16-14(20)13(18-12)17-9-11-5-3-4-7-19(11)2/h6,8,10-11,15H,3-5,7,9H2,1-2H3,(H,17,18). The van der Waals surface area contributed by atoms with Crippen molar-refractivity contribution in [3.8, 4) is 0 Å². The molecule has 2 aromatic heterocycles. The zero-order valence-electron chi connectivity index (χ0n) is 12.1. The highest BCUT2D eigenvalue weighted by Crippen LogP contribution is 2.19. The maximum atomic E-state index is 4.58. The van der Waals surface area contributed by atoms with Crippen molar-refractivity contribution in [2.24, 2.45) is 0 Å². The van der Waals surface area contributed by atoms with Gasteiger partial charge in [0.1, 0.15) is 5.82 Å². The van der Waals surface area contributed by atoms with Gasteiger partial charge in [0, 0.05) is 32.0 Å². The number of imidazole rings is 1. The smallest absolute Gasteiger partial charge is 0.180 e. The minimum Gasteiger partial charge on any atom is -0.372 e. The lowest BCUT2D eigenvalue weighted by molar-refractivity contribution is 0.194. The molecular formula is C14H22N6. The summed E-state index contributed by atoms with van der Waals surface area (Å²) in [5, 5.41) is 6.56. The minimum atomic E-state index is 0.582. The quantitative estimate of drug-likeness (QED) is 0.888. The summed E-state index contributed by atoms with van der Waals surface area (Å²) < 4.78 is 1.99. The number of nitrogens with zero attached hydrogens (tertiary/aromatic N) is 4. The Labute approximate surface area is 119 Å². The van der Waals surface area contributed by atoms with Crippen molar-refractivity contribution in [1.82, 2.24) is 19.3 Å². The number of rotatable bonds is 4. The fourth-order valence-electron chi connectivity index (χ4n) is 2.79. The predicted octanol–water partition coefficient (Wildman–Crippen LogP) is 1.67. The van der Waals surface area contributed by atoms with Crippen LogP contribution in [-0.4, -0.2) is 52.5 Å². The summed E-state index contributed by atoms with van der Waals surface area (Å²) in [7, 11) is 4.08. The van der Waals surface area contributed by atoms with Gasteiger partial charge in [0.05, 0.1) is 6.20 Å². The van der Waals surface area contributed by atoms with E-state index in [9.17, 15) is 0 Å². The number of hydrogen-bond acceptors (Lipinski definition) is 5. The van der Waals surface area contributed by atoms with E-state index in [0.717, 1.165) is 23.8 Å². The lowest BCUT2D eigenvalue weighted by atomic mass is 10.0. The lowest BCUT2D eigenvalue weighted by Gasteiger charge is -2.32. The molecule has 3 heterocycles. The van der Waals surface area contributed by atoms with Crippen LogP contribution in [0.1, 0.15) is 19.3 Å². The third-order valence-corrected chi connectivity index (χ3v) is 4.06. The van der Waals surface area contributed by atoms with Gasteiger partial charge >= 0.3 is 0 Å². The maximum Gasteiger partial charge on any atom is 0.180 e. The molecule has 0 radical (unpaired) electrons. The average molecular weight is 274 g/mol. The van der Waals surface area contributed by atoms with Gasteiger partial charge < -0.3 is 19.9 Å². The van der Waals surface area contributed by atoms with Gasteiger partial charge in [0.25, 0.3) is 0 Å². The Kier molecular flexibility index (Phi) is 3.73. The van der Waals surface area contributed by atoms with Gasteiger partial charge in [-0.2, -0.15) is 0 Å². The normalized spacial score (nSPS) is 20.2. The number of fused-ring (bicyclic) bond motifs is 1. The molecule has 1 aliphatic heterocycles. The van der Waals surface area contributed by atoms with Crippen molar-refractivity contribution in [2.75, 3.05) is 37.8 Å². The van der Waals surface area contributed by atoms with Crippen LogP contribution in [0, 0.1) is 0 Å². The molecular weight excluding hydrogens is 252 g/mol. The zero-order valence-corrected chi connectivity index (χ0v) is 12.1. The van der Waals surface area contributed by atoms with E-state index in [0.29, 0.717) is 6.04 Å². The van der Waals surface area contributed by atoms with E-state index in [1.165, 1.54) is 25.8 Å². The van der Waals surface area contributed by atoms with Gasteiger partial charge in [-0.15, -0.1) is 0 Å². The third-order valence-electron chi connectivity index (χ3n) is 4.06. The van der Waals surface area contributed by atoms with Crippen LogP contribution >= 0.6 is 0 Å². The second-order valence-electron chi connectivity index (χ2n) is 5.39. The van der Waals surface area contributed by atoms with Crippen molar-refractivity contribution in [1.29, 1.82) is 0 Å². The fourth-order valence-corrected chi connectivity index (χ4v) is 2.79. The fraction of sp³-hybridized carbons (Fsp3) is 0.571. The Morgan fingerprint density at radius 2 is 2.30 bits per heavy atom. The van der Waals surface area contributed by atoms with Gasteiger partial charge in [-0.1, -0.05) is 6.42 Å². The summed E-state index contributed by atoms with van der Waals surface area (Å²) >= 11 is 0. The van der Waals surface area contributed by atoms with Crippen LogP contribution < -0.4 is 10.6 Å². The van der Waals surface area contributed by atoms with E-state index in [1.54, 1.807) is 6.20 Å². The molecule has 1 saturated heterocycles. The Morgan fingerprint density at radius 3 is 3.10 bits per heavy atom. The van der Waals surface area contributed by atoms with E-state index in [2.05, 4.69) is 32.5 Å². The zero-order chi connectivity index (χ0) is 13.9. The number of piperidine rings is 1. The number of nitrogens with one attached hydrogen (secondary N) is 2. The minimum absolute atomic E-state index is 0.582. The molecule has 0 saturated carbocycles. The predicted molar refractivity (Wildman–Crippen MR) is 81.3 cm³/mol. The van der Waals surface area contributed by atoms with Crippen LogP contribution in [0.4, 0.5) is 11.6 Å². The number of hydrogen-bond donors (Lipinski definition) is 2. The number of anilines is 2. The topological polar surface area (TPSA) is 57.5 Å². The molecule has 0 amide bonds. The van der Waals surface area contributed by atoms with Gasteiger partial charge in [0.15, 0.2) is 11.5 Å². The molecule has 0 bridgehead atoms. The largest absolute Gasteiger partial charge is 0.372 e. The van der Waals surface area contributed by atoms with Crippen LogP contribution in [0.15, 0.2) is 18.6 Å². The first-order valence-corrected chi connectivity index (χ1v) is 7.23. The lowest BCUT2D eigenvalue weighted by Crippen LogP contribution is -2.40. The second-order valence-corrected chi connectivity index (χ2v) is 5.39. The molecule has 0 aliphatic carbocycles. The molecule has 3 rings (SSSR count). The number of likely N-dealkylation sites (N-methyl/N-ethyl adjacent to an activating group) is 1. The molecule has 2 N–H and O–H groups in total. The Morgan fingerprint density at radius 1 is 1.40 bits per heavy atom. The second kappa shape index (κ2) is 5.66. The molecule has 2 aromatic rings. The third kappa shape index (κ3) is 2.56. The first kappa shape index (κ1) is 13.2. The van der Waals surface area contributed by atoms with Crippen LogP contribution in [0.3, 0.4) is 0 Å². The van der Waals surface area contributed by atoms with Crippen molar-refractivity contribution < 1.29 is 0 Å². The van der Waals surface area contributed by atoms with E-state index in [-0.39, 0.29) is 0 Å². The maximum absolute atomic E-state index is 4.58. The van der Waals surface area contributed by atoms with Crippen molar-refractivity contribution >= 4 is 17.3 Å². The van der Waals surface area contributed by atoms with E-state index >= 15 is 0 Å². The SMILES string of the molecule is CNc1cn2ccnc2c(NCC2CCCCN2C)n1. The van der Waals surface area contributed by atoms with E-state index in [4.69, 9.17) is 0 Å². The summed E-state index contributed by atoms with van der Waals surface area (Å²) in [6.07, 6.45) is 9.56. The number of likely N-dealkylation sites (tertiary alicyclic amines) is 1. The molecule has 1 fully saturated rings. The molecule has 1 aliphatic rings. The summed E-state index contributed by atoms with van der Waals surface area (Å²) in [5.74, 6) is 1.69. The van der Waals surface area contributed by atoms with Crippen LogP contribution in [0.25, 0.3) is 5.65 Å². The molecule has 108 valence electrons. The van der Waals surface area contributed by atoms with Gasteiger partial charge in [-0.3, -0.25) is 0 Å². The number of aromatic nitrogens is 3. The van der Waals surface area contributed by atoms with E-state index in [1.807, 2.05) is 23.8 Å². The molecule has 6 heteroatoms. The van der Waals surface area contributed by atoms with Gasteiger partial charge in [0.2, 0.25) is 0 Å². The van der Waals surface area contributed by atoms with Gasteiger partial charge in [-0.05, 0) is 26.4 Å². The van der Waals surface area contributed by atoms with Crippen molar-refractivity contribution in [3.63, 3.8) is 0 Å². The summed E-state index contributed by atoms with van der Waals surface area (Å²) in [6, 6.07) is 0.582. The molecule has 20 heavy (non-hydrogen) atoms. The average Bonchev–Trinajstić information content (AvgIpc) is 2.94. The molecule has 6 nitrogen and oxygen atoms in total. The first-order valence-electron chi connectivity index (χ1n) is 7.23. The van der Waals surface area contributed by atoms with Gasteiger partial charge in [-0.25, -0.2) is 9.97 Å². The Balaban J connectivity index is 1.77. The Bertz CT molecular complexity index is 578. The molecule has 1 atom stereocenters. The molecule has 1 unspecified atom stereocenters. The van der Waals surface area contributed by atoms with Crippen LogP contribution in [-0.2, 0) is 0 Å². The monoisotopic (exact) mass is 274 g/mol. The Hall–Kier alpha value is -1.82. The summed E-state index contributed by atoms with van der Waals surface area (Å²) in [4.78, 5) is 11.4. The summed E-state index contributed by atoms with van der Waals surface area (Å²) in [5.41, 5.74) is 0.877. The summed E-state index contributed by atoms with van der Waals surface area (Å²) in [6.45, 7) is 2.11. The highest BCUT2D eigenvalue weighted by Gasteiger charge is 2.19. The van der Waals surface area contributed by atoms with Crippen molar-refractivity contribution in [3.05, 3.63) is 18.6 Å². The molecule has 0 aromatic carbocycles. The first-order chi connectivity index (χ1) is 9.78.